The number of aromatic nitrogens is 4. The molecule has 1 aliphatic rings. The second kappa shape index (κ2) is 9.43. The van der Waals surface area contributed by atoms with Crippen LogP contribution in [-0.4, -0.2) is 68.6 Å². The number of pyridine rings is 1. The number of rotatable bonds is 7. The Morgan fingerprint density at radius 2 is 2.11 bits per heavy atom. The zero-order chi connectivity index (χ0) is 24.4. The number of carboxylic acids is 1. The molecule has 35 heavy (non-hydrogen) atoms. The Kier molecular flexibility index (Phi) is 6.02. The molecule has 4 heterocycles. The summed E-state index contributed by atoms with van der Waals surface area (Å²) in [5.74, 6) is -0.540. The van der Waals surface area contributed by atoms with Gasteiger partial charge in [0.15, 0.2) is 5.65 Å². The van der Waals surface area contributed by atoms with E-state index in [0.29, 0.717) is 35.9 Å². The molecule has 10 heteroatoms. The van der Waals surface area contributed by atoms with Gasteiger partial charge in [0.1, 0.15) is 11.5 Å². The summed E-state index contributed by atoms with van der Waals surface area (Å²) < 4.78 is 6.98. The number of nitrogens with zero attached hydrogens (tertiary/aromatic N) is 5. The first-order chi connectivity index (χ1) is 17.0. The van der Waals surface area contributed by atoms with Crippen LogP contribution in [0.1, 0.15) is 17.4 Å². The molecule has 178 valence electrons. The van der Waals surface area contributed by atoms with E-state index in [2.05, 4.69) is 37.1 Å². The smallest absolute Gasteiger partial charge is 0.353 e. The van der Waals surface area contributed by atoms with E-state index < -0.39 is 5.97 Å². The number of ether oxygens (including phenoxy) is 1. The minimum Gasteiger partial charge on any atom is -0.477 e. The van der Waals surface area contributed by atoms with Gasteiger partial charge in [-0.2, -0.15) is 5.10 Å². The highest BCUT2D eigenvalue weighted by Gasteiger charge is 2.20. The number of H-pyrrole nitrogens is 1. The molecule has 1 aromatic carbocycles. The fourth-order valence-corrected chi connectivity index (χ4v) is 4.22. The van der Waals surface area contributed by atoms with Gasteiger partial charge in [0, 0.05) is 42.1 Å². The van der Waals surface area contributed by atoms with Crippen LogP contribution in [0.2, 0.25) is 0 Å². The monoisotopic (exact) mass is 471 g/mol. The van der Waals surface area contributed by atoms with E-state index in [-0.39, 0.29) is 5.69 Å². The molecule has 0 spiro atoms. The molecular formula is C25H25N7O3. The molecule has 0 atom stereocenters. The van der Waals surface area contributed by atoms with E-state index in [1.807, 2.05) is 37.3 Å². The summed E-state index contributed by atoms with van der Waals surface area (Å²) in [5, 5.41) is 21.3. The maximum Gasteiger partial charge on any atom is 0.353 e. The van der Waals surface area contributed by atoms with Crippen molar-refractivity contribution in [3.05, 3.63) is 72.2 Å². The zero-order valence-corrected chi connectivity index (χ0v) is 19.2. The van der Waals surface area contributed by atoms with Crippen molar-refractivity contribution in [2.45, 2.75) is 6.92 Å². The van der Waals surface area contributed by atoms with Crippen molar-refractivity contribution >= 4 is 34.9 Å². The minimum absolute atomic E-state index is 0.113. The fraction of sp³-hybridized carbons (Fsp3) is 0.200. The number of anilines is 1. The molecule has 1 saturated heterocycles. The maximum absolute atomic E-state index is 12.3. The molecule has 0 bridgehead atoms. The number of allylic oxidation sites excluding steroid dienone is 3. The van der Waals surface area contributed by atoms with Crippen LogP contribution in [0, 0.1) is 0 Å². The highest BCUT2D eigenvalue weighted by atomic mass is 16.5. The Morgan fingerprint density at radius 1 is 1.29 bits per heavy atom. The van der Waals surface area contributed by atoms with Crippen molar-refractivity contribution in [3.8, 4) is 11.1 Å². The van der Waals surface area contributed by atoms with E-state index in [9.17, 15) is 9.90 Å². The van der Waals surface area contributed by atoms with Gasteiger partial charge in [-0.3, -0.25) is 9.50 Å². The number of fused-ring (bicyclic) bond motifs is 2. The van der Waals surface area contributed by atoms with Crippen LogP contribution in [-0.2, 0) is 4.74 Å². The van der Waals surface area contributed by atoms with Gasteiger partial charge in [0.05, 0.1) is 30.6 Å². The predicted molar refractivity (Wildman–Crippen MR) is 135 cm³/mol. The molecule has 0 amide bonds. The third-order valence-electron chi connectivity index (χ3n) is 6.05. The molecular weight excluding hydrogens is 446 g/mol. The summed E-state index contributed by atoms with van der Waals surface area (Å²) >= 11 is 0. The Balaban J connectivity index is 1.57. The topological polar surface area (TPSA) is 120 Å². The van der Waals surface area contributed by atoms with Crippen LogP contribution in [0.25, 0.3) is 27.7 Å². The number of hydrogen-bond acceptors (Lipinski definition) is 7. The number of morpholine rings is 1. The van der Waals surface area contributed by atoms with Gasteiger partial charge in [-0.05, 0) is 43.5 Å². The van der Waals surface area contributed by atoms with Crippen LogP contribution >= 0.6 is 0 Å². The van der Waals surface area contributed by atoms with Crippen molar-refractivity contribution < 1.29 is 14.6 Å². The number of aliphatic imine (C=N–C) groups is 1. The zero-order valence-electron chi connectivity index (χ0n) is 19.2. The van der Waals surface area contributed by atoms with Gasteiger partial charge in [-0.15, -0.1) is 0 Å². The van der Waals surface area contributed by atoms with E-state index in [1.165, 1.54) is 0 Å². The fourth-order valence-electron chi connectivity index (χ4n) is 4.22. The van der Waals surface area contributed by atoms with E-state index in [4.69, 9.17) is 4.74 Å². The summed E-state index contributed by atoms with van der Waals surface area (Å²) in [6.07, 6.45) is 8.75. The Morgan fingerprint density at radius 3 is 2.89 bits per heavy atom. The van der Waals surface area contributed by atoms with Crippen LogP contribution in [0.15, 0.2) is 71.5 Å². The summed E-state index contributed by atoms with van der Waals surface area (Å²) in [6, 6.07) is 7.44. The second-order valence-corrected chi connectivity index (χ2v) is 8.16. The molecule has 0 radical (unpaired) electrons. The highest BCUT2D eigenvalue weighted by molar-refractivity contribution is 5.98. The number of carboxylic acid groups (broad SMARTS) is 1. The summed E-state index contributed by atoms with van der Waals surface area (Å²) in [4.78, 5) is 23.1. The number of aromatic carboxylic acids is 1. The predicted octanol–water partition coefficient (Wildman–Crippen LogP) is 3.77. The lowest BCUT2D eigenvalue weighted by Crippen LogP contribution is -2.34. The van der Waals surface area contributed by atoms with Crippen LogP contribution in [0.4, 0.5) is 5.69 Å². The average Bonchev–Trinajstić information content (AvgIpc) is 3.55. The third-order valence-corrected chi connectivity index (χ3v) is 6.05. The lowest BCUT2D eigenvalue weighted by molar-refractivity contribution is 0.0537. The molecule has 1 aliphatic heterocycles. The van der Waals surface area contributed by atoms with Crippen LogP contribution in [0.5, 0.6) is 0 Å². The minimum atomic E-state index is -1.05. The summed E-state index contributed by atoms with van der Waals surface area (Å²) in [6.45, 7) is 8.84. The first-order valence-corrected chi connectivity index (χ1v) is 11.2. The van der Waals surface area contributed by atoms with Gasteiger partial charge in [0.25, 0.3) is 0 Å². The van der Waals surface area contributed by atoms with Gasteiger partial charge >= 0.3 is 5.97 Å². The average molecular weight is 472 g/mol. The Labute approximate surface area is 201 Å². The first kappa shape index (κ1) is 22.4. The molecule has 0 saturated carbocycles. The number of nitrogens with one attached hydrogen (secondary N) is 2. The van der Waals surface area contributed by atoms with E-state index in [1.54, 1.807) is 29.1 Å². The molecule has 1 fully saturated rings. The molecule has 0 aliphatic carbocycles. The van der Waals surface area contributed by atoms with E-state index in [0.717, 1.165) is 35.3 Å². The second-order valence-electron chi connectivity index (χ2n) is 8.16. The Hall–Kier alpha value is -4.44. The molecule has 3 aromatic heterocycles. The highest BCUT2D eigenvalue weighted by Crippen LogP contribution is 2.32. The van der Waals surface area contributed by atoms with Crippen LogP contribution < -0.4 is 5.32 Å². The summed E-state index contributed by atoms with van der Waals surface area (Å²) in [5.41, 5.74) is 4.37. The van der Waals surface area contributed by atoms with Crippen molar-refractivity contribution in [1.29, 1.82) is 0 Å². The SMILES string of the molecule is C=N/C(=C\C=C(/C)N1CCOCC1)Nc1cc(-c2ccc3cn[nH]c3c2)c(C(=O)O)n2ccnc12. The van der Waals surface area contributed by atoms with Crippen LogP contribution in [0.3, 0.4) is 0 Å². The van der Waals surface area contributed by atoms with Gasteiger partial charge < -0.3 is 20.1 Å². The van der Waals surface area contributed by atoms with Gasteiger partial charge in [-0.1, -0.05) is 12.1 Å². The summed E-state index contributed by atoms with van der Waals surface area (Å²) in [7, 11) is 0. The third kappa shape index (κ3) is 4.38. The largest absolute Gasteiger partial charge is 0.477 e. The molecule has 3 N–H and O–H groups in total. The van der Waals surface area contributed by atoms with Crippen molar-refractivity contribution in [1.82, 2.24) is 24.5 Å². The molecule has 10 nitrogen and oxygen atoms in total. The van der Waals surface area contributed by atoms with E-state index >= 15 is 0 Å². The standard InChI is InChI=1S/C25H25N7O3/c1-16(31-9-11-35-12-10-31)3-6-22(26-2)29-21-14-19(17-4-5-18-15-28-30-20(18)13-17)23(25(33)34)32-8-7-27-24(21)32/h3-8,13-15,29H,2,9-12H2,1H3,(H,28,30)(H,33,34)/b16-3+,22-6+. The van der Waals surface area contributed by atoms with Crippen molar-refractivity contribution in [2.24, 2.45) is 4.99 Å². The number of carbonyl (C=O) groups is 1. The lowest BCUT2D eigenvalue weighted by atomic mass is 10.0. The van der Waals surface area contributed by atoms with Gasteiger partial charge in [0.2, 0.25) is 0 Å². The quantitative estimate of drug-likeness (QED) is 0.277. The molecule has 5 rings (SSSR count). The number of imidazole rings is 1. The number of hydrogen-bond donors (Lipinski definition) is 3. The lowest BCUT2D eigenvalue weighted by Gasteiger charge is -2.29. The van der Waals surface area contributed by atoms with Gasteiger partial charge in [-0.25, -0.2) is 14.8 Å². The van der Waals surface area contributed by atoms with Crippen molar-refractivity contribution in [3.63, 3.8) is 0 Å². The van der Waals surface area contributed by atoms with Crippen molar-refractivity contribution in [2.75, 3.05) is 31.6 Å². The number of benzene rings is 1. The number of aromatic amines is 1. The normalized spacial score (nSPS) is 15.1. The molecule has 0 unspecified atom stereocenters. The molecule has 4 aromatic rings. The maximum atomic E-state index is 12.3. The first-order valence-electron chi connectivity index (χ1n) is 11.2. The Bertz CT molecular complexity index is 1480.